The number of hydrogen-bond acceptors (Lipinski definition) is 8. The number of aromatic nitrogens is 5. The highest BCUT2D eigenvalue weighted by molar-refractivity contribution is 5.52. The van der Waals surface area contributed by atoms with Crippen molar-refractivity contribution < 1.29 is 4.42 Å². The van der Waals surface area contributed by atoms with Crippen LogP contribution in [0.2, 0.25) is 0 Å². The Labute approximate surface area is 144 Å². The van der Waals surface area contributed by atoms with Crippen LogP contribution in [-0.2, 0) is 0 Å². The molecule has 9 nitrogen and oxygen atoms in total. The van der Waals surface area contributed by atoms with Crippen molar-refractivity contribution >= 4 is 24.4 Å². The summed E-state index contributed by atoms with van der Waals surface area (Å²) < 4.78 is 6.66. The molecule has 25 heavy (non-hydrogen) atoms. The van der Waals surface area contributed by atoms with Gasteiger partial charge in [-0.1, -0.05) is 11.6 Å². The van der Waals surface area contributed by atoms with Gasteiger partial charge in [0, 0.05) is 12.7 Å². The number of hydrogen-bond donors (Lipinski definition) is 2. The summed E-state index contributed by atoms with van der Waals surface area (Å²) in [5.74, 6) is 1.91. The number of nitrogens with two attached hydrogens (primary N) is 1. The second-order valence-electron chi connectivity index (χ2n) is 5.24. The third kappa shape index (κ3) is 3.89. The molecule has 3 aromatic rings. The molecule has 9 heteroatoms. The van der Waals surface area contributed by atoms with E-state index in [4.69, 9.17) is 10.2 Å². The van der Waals surface area contributed by atoms with Crippen LogP contribution in [0, 0.1) is 0 Å². The minimum Gasteiger partial charge on any atom is -0.461 e. The zero-order valence-electron chi connectivity index (χ0n) is 13.8. The summed E-state index contributed by atoms with van der Waals surface area (Å²) in [6.45, 7) is 6.07. The number of anilines is 2. The van der Waals surface area contributed by atoms with Crippen molar-refractivity contribution in [1.82, 2.24) is 24.6 Å². The highest BCUT2D eigenvalue weighted by atomic mass is 16.3. The van der Waals surface area contributed by atoms with Crippen molar-refractivity contribution in [2.75, 3.05) is 17.6 Å². The molecule has 0 aliphatic rings. The second kappa shape index (κ2) is 7.39. The van der Waals surface area contributed by atoms with Gasteiger partial charge in [-0.2, -0.15) is 19.5 Å². The summed E-state index contributed by atoms with van der Waals surface area (Å²) in [4.78, 5) is 16.5. The van der Waals surface area contributed by atoms with E-state index >= 15 is 0 Å². The maximum Gasteiger partial charge on any atom is 0.259 e. The lowest BCUT2D eigenvalue weighted by atomic mass is 10.2. The van der Waals surface area contributed by atoms with Gasteiger partial charge in [-0.05, 0) is 38.3 Å². The van der Waals surface area contributed by atoms with Crippen molar-refractivity contribution in [3.05, 3.63) is 42.3 Å². The first-order valence-electron chi connectivity index (χ1n) is 7.63. The summed E-state index contributed by atoms with van der Waals surface area (Å²) in [6.07, 6.45) is 7.83. The lowest BCUT2D eigenvalue weighted by molar-refractivity contribution is 0.577. The summed E-state index contributed by atoms with van der Waals surface area (Å²) >= 11 is 0. The molecule has 0 unspecified atom stereocenters. The third-order valence-electron chi connectivity index (χ3n) is 3.35. The quantitative estimate of drug-likeness (QED) is 0.501. The van der Waals surface area contributed by atoms with E-state index in [2.05, 4.69) is 37.1 Å². The fraction of sp³-hybridized carbons (Fsp3) is 0.188. The maximum absolute atomic E-state index is 5.94. The number of fused-ring (bicyclic) bond motifs is 1. The Balaban J connectivity index is 1.71. The molecule has 0 aliphatic heterocycles. The van der Waals surface area contributed by atoms with Gasteiger partial charge in [0.05, 0.1) is 6.26 Å². The smallest absolute Gasteiger partial charge is 0.259 e. The predicted octanol–water partition coefficient (Wildman–Crippen LogP) is 2.32. The Hall–Kier alpha value is -3.49. The normalized spacial score (nSPS) is 12.1. The first-order chi connectivity index (χ1) is 12.2. The standard InChI is InChI=1S/C16H18N8O/c1-11(5-3-8-18-2)7-9-19-15-21-14(17)24-16(22-15)20-13(23-24)12-6-4-10-25-12/h3-6,8,10H,2,7,9H2,1H3,(H3,17,19,20,21,22,23)/b8-3-,11-5+. The van der Waals surface area contributed by atoms with Gasteiger partial charge >= 0.3 is 0 Å². The average Bonchev–Trinajstić information content (AvgIpc) is 3.24. The first-order valence-corrected chi connectivity index (χ1v) is 7.63. The molecule has 0 amide bonds. The van der Waals surface area contributed by atoms with E-state index in [0.29, 0.717) is 29.9 Å². The van der Waals surface area contributed by atoms with Gasteiger partial charge in [-0.15, -0.1) is 5.10 Å². The van der Waals surface area contributed by atoms with E-state index < -0.39 is 0 Å². The van der Waals surface area contributed by atoms with Gasteiger partial charge in [0.1, 0.15) is 0 Å². The molecule has 3 heterocycles. The van der Waals surface area contributed by atoms with Crippen LogP contribution in [0.1, 0.15) is 13.3 Å². The summed E-state index contributed by atoms with van der Waals surface area (Å²) in [7, 11) is 0. The molecular formula is C16H18N8O. The zero-order valence-corrected chi connectivity index (χ0v) is 13.8. The van der Waals surface area contributed by atoms with Gasteiger partial charge in [0.2, 0.25) is 17.7 Å². The topological polar surface area (TPSA) is 120 Å². The van der Waals surface area contributed by atoms with Crippen LogP contribution < -0.4 is 11.1 Å². The Morgan fingerprint density at radius 3 is 3.08 bits per heavy atom. The molecule has 0 atom stereocenters. The van der Waals surface area contributed by atoms with Crippen molar-refractivity contribution in [1.29, 1.82) is 0 Å². The Bertz CT molecular complexity index is 923. The third-order valence-corrected chi connectivity index (χ3v) is 3.35. The zero-order chi connectivity index (χ0) is 17.6. The highest BCUT2D eigenvalue weighted by Crippen LogP contribution is 2.17. The van der Waals surface area contributed by atoms with Crippen LogP contribution in [-0.4, -0.2) is 37.8 Å². The van der Waals surface area contributed by atoms with E-state index in [9.17, 15) is 0 Å². The summed E-state index contributed by atoms with van der Waals surface area (Å²) in [6, 6.07) is 3.53. The fourth-order valence-electron chi connectivity index (χ4n) is 2.12. The molecule has 0 saturated carbocycles. The Kier molecular flexibility index (Phi) is 4.84. The lowest BCUT2D eigenvalue weighted by Crippen LogP contribution is -2.11. The SMILES string of the molecule is C=N/C=C\C=C(/C)CCNc1nc(N)n2nc(-c3ccco3)nc2n1. The molecule has 0 bridgehead atoms. The molecule has 3 N–H and O–H groups in total. The van der Waals surface area contributed by atoms with Crippen molar-refractivity contribution in [3.8, 4) is 11.6 Å². The van der Waals surface area contributed by atoms with E-state index in [1.165, 1.54) is 10.1 Å². The molecule has 3 aromatic heterocycles. The van der Waals surface area contributed by atoms with E-state index in [1.54, 1.807) is 24.6 Å². The average molecular weight is 338 g/mol. The molecule has 3 rings (SSSR count). The molecule has 128 valence electrons. The van der Waals surface area contributed by atoms with Gasteiger partial charge < -0.3 is 15.5 Å². The summed E-state index contributed by atoms with van der Waals surface area (Å²) in [5.41, 5.74) is 7.12. The number of allylic oxidation sites excluding steroid dienone is 2. The molecule has 0 spiro atoms. The monoisotopic (exact) mass is 338 g/mol. The van der Waals surface area contributed by atoms with Crippen LogP contribution in [0.15, 0.2) is 51.7 Å². The number of rotatable bonds is 7. The van der Waals surface area contributed by atoms with Crippen LogP contribution in [0.4, 0.5) is 11.9 Å². The van der Waals surface area contributed by atoms with E-state index in [1.807, 2.05) is 19.1 Å². The second-order valence-corrected chi connectivity index (χ2v) is 5.24. The van der Waals surface area contributed by atoms with Gasteiger partial charge in [0.25, 0.3) is 5.78 Å². The highest BCUT2D eigenvalue weighted by Gasteiger charge is 2.13. The molecule has 0 fully saturated rings. The molecule has 0 aromatic carbocycles. The Morgan fingerprint density at radius 1 is 1.44 bits per heavy atom. The Morgan fingerprint density at radius 2 is 2.32 bits per heavy atom. The van der Waals surface area contributed by atoms with Crippen molar-refractivity contribution in [2.24, 2.45) is 4.99 Å². The minimum absolute atomic E-state index is 0.199. The van der Waals surface area contributed by atoms with Crippen molar-refractivity contribution in [3.63, 3.8) is 0 Å². The van der Waals surface area contributed by atoms with Crippen LogP contribution in [0.3, 0.4) is 0 Å². The van der Waals surface area contributed by atoms with Crippen molar-refractivity contribution in [2.45, 2.75) is 13.3 Å². The lowest BCUT2D eigenvalue weighted by Gasteiger charge is -2.05. The predicted molar refractivity (Wildman–Crippen MR) is 96.2 cm³/mol. The number of nitrogens with one attached hydrogen (secondary N) is 1. The fourth-order valence-corrected chi connectivity index (χ4v) is 2.12. The first kappa shape index (κ1) is 16.4. The molecule has 0 aliphatic carbocycles. The number of furan rings is 1. The van der Waals surface area contributed by atoms with Gasteiger partial charge in [0.15, 0.2) is 5.76 Å². The number of nitrogens with zero attached hydrogens (tertiary/aromatic N) is 6. The van der Waals surface area contributed by atoms with E-state index in [-0.39, 0.29) is 5.95 Å². The molecular weight excluding hydrogens is 320 g/mol. The number of aliphatic imine (C=N–C) groups is 1. The number of nitrogen functional groups attached to an aromatic ring is 1. The van der Waals surface area contributed by atoms with Crippen LogP contribution in [0.5, 0.6) is 0 Å². The van der Waals surface area contributed by atoms with E-state index in [0.717, 1.165) is 6.42 Å². The maximum atomic E-state index is 5.94. The van der Waals surface area contributed by atoms with Gasteiger partial charge in [-0.25, -0.2) is 0 Å². The van der Waals surface area contributed by atoms with Crippen LogP contribution >= 0.6 is 0 Å². The summed E-state index contributed by atoms with van der Waals surface area (Å²) in [5, 5.41) is 7.38. The molecule has 0 saturated heterocycles. The van der Waals surface area contributed by atoms with Crippen LogP contribution in [0.25, 0.3) is 17.4 Å². The molecule has 0 radical (unpaired) electrons. The van der Waals surface area contributed by atoms with Gasteiger partial charge in [-0.3, -0.25) is 4.99 Å². The largest absolute Gasteiger partial charge is 0.461 e. The minimum atomic E-state index is 0.199.